The molecule has 0 bridgehead atoms. The van der Waals surface area contributed by atoms with Gasteiger partial charge < -0.3 is 19.7 Å². The van der Waals surface area contributed by atoms with Crippen molar-refractivity contribution in [2.75, 3.05) is 33.8 Å². The molecular weight excluding hydrogens is 413 g/mol. The minimum absolute atomic E-state index is 0.0112. The zero-order valence-corrected chi connectivity index (χ0v) is 19.0. The van der Waals surface area contributed by atoms with Gasteiger partial charge >= 0.3 is 6.09 Å². The Labute approximate surface area is 182 Å². The van der Waals surface area contributed by atoms with Gasteiger partial charge in [0.1, 0.15) is 17.5 Å². The van der Waals surface area contributed by atoms with E-state index in [9.17, 15) is 14.0 Å². The van der Waals surface area contributed by atoms with Gasteiger partial charge in [-0.15, -0.1) is 0 Å². The SMILES string of the molecule is CN(C)CCO[C@@H]1CCN(C(=O)OC(C)(C)C)[C@@H]1C(=O)NCc1cccc(Cl)c1F. The van der Waals surface area contributed by atoms with Crippen molar-refractivity contribution in [1.82, 2.24) is 15.1 Å². The number of ether oxygens (including phenoxy) is 2. The molecule has 0 radical (unpaired) electrons. The van der Waals surface area contributed by atoms with Crippen molar-refractivity contribution in [3.8, 4) is 0 Å². The minimum atomic E-state index is -0.857. The Hall–Kier alpha value is -1.90. The van der Waals surface area contributed by atoms with E-state index in [-0.39, 0.29) is 17.1 Å². The normalized spacial score (nSPS) is 19.3. The quantitative estimate of drug-likeness (QED) is 0.701. The third-order valence-electron chi connectivity index (χ3n) is 4.59. The van der Waals surface area contributed by atoms with Gasteiger partial charge in [0.2, 0.25) is 5.91 Å². The van der Waals surface area contributed by atoms with E-state index in [1.165, 1.54) is 11.0 Å². The summed E-state index contributed by atoms with van der Waals surface area (Å²) in [5.74, 6) is -0.999. The smallest absolute Gasteiger partial charge is 0.411 e. The second-order valence-corrected chi connectivity index (χ2v) is 8.96. The lowest BCUT2D eigenvalue weighted by Gasteiger charge is -2.30. The predicted molar refractivity (Wildman–Crippen MR) is 113 cm³/mol. The van der Waals surface area contributed by atoms with Gasteiger partial charge in [-0.3, -0.25) is 9.69 Å². The van der Waals surface area contributed by atoms with E-state index in [4.69, 9.17) is 21.1 Å². The molecule has 2 atom stereocenters. The van der Waals surface area contributed by atoms with Crippen molar-refractivity contribution in [2.45, 2.75) is 51.5 Å². The molecule has 1 heterocycles. The molecule has 9 heteroatoms. The summed E-state index contributed by atoms with van der Waals surface area (Å²) in [5, 5.41) is 2.70. The molecule has 1 aromatic rings. The fraction of sp³-hybridized carbons (Fsp3) is 0.619. The fourth-order valence-corrected chi connectivity index (χ4v) is 3.33. The molecule has 1 aromatic carbocycles. The first-order valence-electron chi connectivity index (χ1n) is 9.96. The number of rotatable bonds is 7. The highest BCUT2D eigenvalue weighted by atomic mass is 35.5. The standard InChI is InChI=1S/C21H31ClFN3O4/c1-21(2,3)30-20(28)26-10-9-16(29-12-11-25(4)5)18(26)19(27)24-13-14-7-6-8-15(22)17(14)23/h6-8,16,18H,9-13H2,1-5H3,(H,24,27)/t16-,18+/m1/s1. The van der Waals surface area contributed by atoms with Crippen molar-refractivity contribution in [1.29, 1.82) is 0 Å². The number of benzene rings is 1. The average Bonchev–Trinajstić information content (AvgIpc) is 3.05. The molecule has 0 aliphatic carbocycles. The van der Waals surface area contributed by atoms with Gasteiger partial charge in [-0.25, -0.2) is 9.18 Å². The number of halogens is 2. The highest BCUT2D eigenvalue weighted by Crippen LogP contribution is 2.25. The van der Waals surface area contributed by atoms with Crippen LogP contribution in [0.2, 0.25) is 5.02 Å². The van der Waals surface area contributed by atoms with Crippen LogP contribution in [0.15, 0.2) is 18.2 Å². The molecule has 1 aliphatic heterocycles. The van der Waals surface area contributed by atoms with E-state index in [1.807, 2.05) is 19.0 Å². The maximum absolute atomic E-state index is 14.1. The molecule has 1 fully saturated rings. The van der Waals surface area contributed by atoms with E-state index in [2.05, 4.69) is 5.32 Å². The van der Waals surface area contributed by atoms with Gasteiger partial charge in [-0.1, -0.05) is 23.7 Å². The minimum Gasteiger partial charge on any atom is -0.444 e. The van der Waals surface area contributed by atoms with Crippen molar-refractivity contribution in [3.05, 3.63) is 34.6 Å². The summed E-state index contributed by atoms with van der Waals surface area (Å²) in [5.41, 5.74) is -0.422. The summed E-state index contributed by atoms with van der Waals surface area (Å²) >= 11 is 5.81. The van der Waals surface area contributed by atoms with Gasteiger partial charge in [-0.05, 0) is 47.4 Å². The largest absolute Gasteiger partial charge is 0.444 e. The van der Waals surface area contributed by atoms with Crippen molar-refractivity contribution >= 4 is 23.6 Å². The van der Waals surface area contributed by atoms with Gasteiger partial charge in [0.25, 0.3) is 0 Å². The van der Waals surface area contributed by atoms with E-state index < -0.39 is 35.6 Å². The number of amides is 2. The summed E-state index contributed by atoms with van der Waals surface area (Å²) in [4.78, 5) is 29.0. The molecular formula is C21H31ClFN3O4. The molecule has 168 valence electrons. The highest BCUT2D eigenvalue weighted by Gasteiger charge is 2.44. The third-order valence-corrected chi connectivity index (χ3v) is 4.89. The lowest BCUT2D eigenvalue weighted by atomic mass is 10.1. The Morgan fingerprint density at radius 2 is 2.03 bits per heavy atom. The number of nitrogens with zero attached hydrogens (tertiary/aromatic N) is 2. The Morgan fingerprint density at radius 3 is 2.67 bits per heavy atom. The monoisotopic (exact) mass is 443 g/mol. The summed E-state index contributed by atoms with van der Waals surface area (Å²) in [6.07, 6.45) is -0.534. The Kier molecular flexibility index (Phi) is 8.46. The number of likely N-dealkylation sites (N-methyl/N-ethyl adjacent to an activating group) is 1. The molecule has 0 saturated carbocycles. The van der Waals surface area contributed by atoms with Crippen LogP contribution >= 0.6 is 11.6 Å². The second kappa shape index (κ2) is 10.4. The third kappa shape index (κ3) is 6.82. The van der Waals surface area contributed by atoms with E-state index in [1.54, 1.807) is 32.9 Å². The number of hydrogen-bond donors (Lipinski definition) is 1. The van der Waals surface area contributed by atoms with E-state index >= 15 is 0 Å². The average molecular weight is 444 g/mol. The van der Waals surface area contributed by atoms with Crippen LogP contribution in [0.25, 0.3) is 0 Å². The Morgan fingerprint density at radius 1 is 1.33 bits per heavy atom. The molecule has 2 amide bonds. The molecule has 30 heavy (non-hydrogen) atoms. The number of hydrogen-bond acceptors (Lipinski definition) is 5. The first kappa shape index (κ1) is 24.4. The molecule has 1 aliphatic rings. The zero-order chi connectivity index (χ0) is 22.5. The first-order valence-corrected chi connectivity index (χ1v) is 10.3. The summed E-state index contributed by atoms with van der Waals surface area (Å²) in [6, 6.07) is 3.75. The van der Waals surface area contributed by atoms with E-state index in [0.717, 1.165) is 0 Å². The van der Waals surface area contributed by atoms with Gasteiger partial charge in [0, 0.05) is 25.2 Å². The lowest BCUT2D eigenvalue weighted by molar-refractivity contribution is -0.129. The topological polar surface area (TPSA) is 71.1 Å². The zero-order valence-electron chi connectivity index (χ0n) is 18.2. The summed E-state index contributed by atoms with van der Waals surface area (Å²) < 4.78 is 25.5. The number of nitrogens with one attached hydrogen (secondary N) is 1. The summed E-state index contributed by atoms with van der Waals surface area (Å²) in [7, 11) is 3.85. The van der Waals surface area contributed by atoms with Crippen LogP contribution in [0.1, 0.15) is 32.8 Å². The highest BCUT2D eigenvalue weighted by molar-refractivity contribution is 6.30. The molecule has 1 saturated heterocycles. The fourth-order valence-electron chi connectivity index (χ4n) is 3.13. The molecule has 0 spiro atoms. The van der Waals surface area contributed by atoms with Gasteiger partial charge in [-0.2, -0.15) is 0 Å². The van der Waals surface area contributed by atoms with Crippen molar-refractivity contribution in [3.63, 3.8) is 0 Å². The molecule has 1 N–H and O–H groups in total. The molecule has 2 rings (SSSR count). The first-order chi connectivity index (χ1) is 14.0. The van der Waals surface area contributed by atoms with Gasteiger partial charge in [0.15, 0.2) is 0 Å². The predicted octanol–water partition coefficient (Wildman–Crippen LogP) is 3.05. The second-order valence-electron chi connectivity index (χ2n) is 8.55. The number of likely N-dealkylation sites (tertiary alicyclic amines) is 1. The Balaban J connectivity index is 2.12. The summed E-state index contributed by atoms with van der Waals surface area (Å²) in [6.45, 7) is 6.70. The number of carbonyl (C=O) groups excluding carboxylic acids is 2. The van der Waals surface area contributed by atoms with Crippen molar-refractivity contribution in [2.24, 2.45) is 0 Å². The van der Waals surface area contributed by atoms with E-state index in [0.29, 0.717) is 26.1 Å². The molecule has 0 aromatic heterocycles. The maximum Gasteiger partial charge on any atom is 0.411 e. The van der Waals surface area contributed by atoms with Crippen LogP contribution < -0.4 is 5.32 Å². The van der Waals surface area contributed by atoms with Crippen LogP contribution in [0.4, 0.5) is 9.18 Å². The van der Waals surface area contributed by atoms with Crippen molar-refractivity contribution < 1.29 is 23.5 Å². The van der Waals surface area contributed by atoms with Crippen LogP contribution in [0.5, 0.6) is 0 Å². The number of carbonyl (C=O) groups is 2. The van der Waals surface area contributed by atoms with Gasteiger partial charge in [0.05, 0.1) is 17.7 Å². The maximum atomic E-state index is 14.1. The molecule has 0 unspecified atom stereocenters. The van der Waals surface area contributed by atoms with Crippen LogP contribution in [0.3, 0.4) is 0 Å². The van der Waals surface area contributed by atoms with Crippen LogP contribution in [-0.2, 0) is 20.8 Å². The van der Waals surface area contributed by atoms with Crippen LogP contribution in [0, 0.1) is 5.82 Å². The van der Waals surface area contributed by atoms with Crippen LogP contribution in [-0.4, -0.2) is 73.3 Å². The molecule has 7 nitrogen and oxygen atoms in total. The lowest BCUT2D eigenvalue weighted by Crippen LogP contribution is -2.51. The Bertz CT molecular complexity index is 754.